The average Bonchev–Trinajstić information content (AvgIpc) is 2.42. The number of sulfonamides is 1. The zero-order valence-corrected chi connectivity index (χ0v) is 13.3. The van der Waals surface area contributed by atoms with Crippen molar-refractivity contribution >= 4 is 10.0 Å². The number of likely N-dealkylation sites (N-methyl/N-ethyl adjacent to an activating group) is 1. The van der Waals surface area contributed by atoms with Gasteiger partial charge in [-0.25, -0.2) is 12.8 Å². The topological polar surface area (TPSA) is 64.4 Å². The fraction of sp³-hybridized carbons (Fsp3) is 0.500. The number of hydrogen-bond donors (Lipinski definition) is 0. The van der Waals surface area contributed by atoms with E-state index >= 15 is 0 Å². The lowest BCUT2D eigenvalue weighted by Crippen LogP contribution is -2.37. The molecule has 7 heteroatoms. The van der Waals surface area contributed by atoms with Crippen LogP contribution in [0, 0.1) is 17.1 Å². The zero-order chi connectivity index (χ0) is 16.0. The van der Waals surface area contributed by atoms with Crippen LogP contribution >= 0.6 is 0 Å². The van der Waals surface area contributed by atoms with Gasteiger partial charge in [-0.2, -0.15) is 9.57 Å². The molecular weight excluding hydrogens is 293 g/mol. The fourth-order valence-corrected chi connectivity index (χ4v) is 3.55. The van der Waals surface area contributed by atoms with Crippen LogP contribution in [0.25, 0.3) is 0 Å². The van der Waals surface area contributed by atoms with E-state index in [0.29, 0.717) is 26.1 Å². The van der Waals surface area contributed by atoms with Gasteiger partial charge in [0.2, 0.25) is 10.0 Å². The first kappa shape index (κ1) is 17.6. The minimum Gasteiger partial charge on any atom is -0.308 e. The number of benzene rings is 1. The highest BCUT2D eigenvalue weighted by atomic mass is 32.2. The third kappa shape index (κ3) is 4.24. The van der Waals surface area contributed by atoms with Crippen molar-refractivity contribution < 1.29 is 12.8 Å². The molecule has 0 saturated carbocycles. The van der Waals surface area contributed by atoms with E-state index in [4.69, 9.17) is 5.26 Å². The van der Waals surface area contributed by atoms with Gasteiger partial charge in [0.05, 0.1) is 0 Å². The Labute approximate surface area is 125 Å². The molecule has 0 bridgehead atoms. The number of halogens is 1. The van der Waals surface area contributed by atoms with Crippen molar-refractivity contribution in [1.29, 1.82) is 5.26 Å². The molecule has 0 unspecified atom stereocenters. The van der Waals surface area contributed by atoms with Gasteiger partial charge in [0.25, 0.3) is 0 Å². The molecule has 0 aromatic heterocycles. The monoisotopic (exact) mass is 313 g/mol. The van der Waals surface area contributed by atoms with E-state index in [-0.39, 0.29) is 4.90 Å². The highest BCUT2D eigenvalue weighted by Gasteiger charge is 2.27. The number of nitrogens with zero attached hydrogens (tertiary/aromatic N) is 3. The maximum absolute atomic E-state index is 13.6. The Kier molecular flexibility index (Phi) is 6.27. The molecule has 0 fully saturated rings. The van der Waals surface area contributed by atoms with Crippen LogP contribution in [0.2, 0.25) is 0 Å². The van der Waals surface area contributed by atoms with E-state index in [9.17, 15) is 12.8 Å². The summed E-state index contributed by atoms with van der Waals surface area (Å²) in [5.41, 5.74) is -0.427. The summed E-state index contributed by atoms with van der Waals surface area (Å²) in [7, 11) is -0.186. The zero-order valence-electron chi connectivity index (χ0n) is 12.5. The van der Waals surface area contributed by atoms with Gasteiger partial charge < -0.3 is 4.90 Å². The summed E-state index contributed by atoms with van der Waals surface area (Å²) in [4.78, 5) is 1.60. The predicted octanol–water partition coefficient (Wildman–Crippen LogP) is 1.66. The molecule has 0 saturated heterocycles. The largest absolute Gasteiger partial charge is 0.308 e. The number of nitriles is 1. The Bertz CT molecular complexity index is 624. The smallest absolute Gasteiger partial charge is 0.244 e. The molecule has 0 amide bonds. The SMILES string of the molecule is CCCN(CCN(C)C)S(=O)(=O)c1cccc(F)c1C#N. The third-order valence-corrected chi connectivity index (χ3v) is 4.92. The first-order chi connectivity index (χ1) is 9.84. The molecule has 0 aliphatic heterocycles. The van der Waals surface area contributed by atoms with E-state index in [1.807, 2.05) is 25.9 Å². The van der Waals surface area contributed by atoms with Crippen molar-refractivity contribution in [3.8, 4) is 6.07 Å². The van der Waals surface area contributed by atoms with Crippen molar-refractivity contribution in [2.24, 2.45) is 0 Å². The maximum Gasteiger partial charge on any atom is 0.244 e. The van der Waals surface area contributed by atoms with Crippen LogP contribution < -0.4 is 0 Å². The Balaban J connectivity index is 3.23. The lowest BCUT2D eigenvalue weighted by atomic mass is 10.2. The van der Waals surface area contributed by atoms with Crippen molar-refractivity contribution in [1.82, 2.24) is 9.21 Å². The lowest BCUT2D eigenvalue weighted by Gasteiger charge is -2.23. The van der Waals surface area contributed by atoms with Crippen LogP contribution in [0.1, 0.15) is 18.9 Å². The molecule has 5 nitrogen and oxygen atoms in total. The Morgan fingerprint density at radius 2 is 1.90 bits per heavy atom. The number of rotatable bonds is 7. The predicted molar refractivity (Wildman–Crippen MR) is 78.7 cm³/mol. The normalized spacial score (nSPS) is 11.9. The van der Waals surface area contributed by atoms with Gasteiger partial charge >= 0.3 is 0 Å². The molecule has 0 spiro atoms. The molecule has 0 aliphatic rings. The standard InChI is InChI=1S/C14H20FN3O2S/c1-4-8-18(10-9-17(2)3)21(19,20)14-7-5-6-13(15)12(14)11-16/h5-7H,4,8-10H2,1-3H3. The van der Waals surface area contributed by atoms with Crippen LogP contribution in [-0.4, -0.2) is 51.4 Å². The van der Waals surface area contributed by atoms with Gasteiger partial charge in [-0.05, 0) is 32.6 Å². The van der Waals surface area contributed by atoms with Gasteiger partial charge in [0, 0.05) is 19.6 Å². The van der Waals surface area contributed by atoms with Crippen LogP contribution in [-0.2, 0) is 10.0 Å². The Morgan fingerprint density at radius 3 is 2.43 bits per heavy atom. The third-order valence-electron chi connectivity index (χ3n) is 2.97. The molecule has 0 N–H and O–H groups in total. The Morgan fingerprint density at radius 1 is 1.24 bits per heavy atom. The molecule has 21 heavy (non-hydrogen) atoms. The highest BCUT2D eigenvalue weighted by Crippen LogP contribution is 2.22. The second-order valence-corrected chi connectivity index (χ2v) is 6.84. The molecule has 1 rings (SSSR count). The average molecular weight is 313 g/mol. The van der Waals surface area contributed by atoms with Gasteiger partial charge in [-0.1, -0.05) is 13.0 Å². The quantitative estimate of drug-likeness (QED) is 0.768. The van der Waals surface area contributed by atoms with Crippen molar-refractivity contribution in [3.05, 3.63) is 29.6 Å². The van der Waals surface area contributed by atoms with E-state index in [1.54, 1.807) is 6.07 Å². The molecular formula is C14H20FN3O2S. The molecule has 0 heterocycles. The van der Waals surface area contributed by atoms with E-state index in [2.05, 4.69) is 0 Å². The van der Waals surface area contributed by atoms with Crippen LogP contribution in [0.3, 0.4) is 0 Å². The minimum absolute atomic E-state index is 0.266. The second-order valence-electron chi connectivity index (χ2n) is 4.93. The summed E-state index contributed by atoms with van der Waals surface area (Å²) in [6.45, 7) is 3.05. The van der Waals surface area contributed by atoms with Crippen LogP contribution in [0.5, 0.6) is 0 Å². The highest BCUT2D eigenvalue weighted by molar-refractivity contribution is 7.89. The van der Waals surface area contributed by atoms with Crippen molar-refractivity contribution in [2.75, 3.05) is 33.7 Å². The van der Waals surface area contributed by atoms with Crippen molar-refractivity contribution in [3.63, 3.8) is 0 Å². The maximum atomic E-state index is 13.6. The molecule has 1 aromatic rings. The molecule has 0 atom stereocenters. The lowest BCUT2D eigenvalue weighted by molar-refractivity contribution is 0.332. The van der Waals surface area contributed by atoms with E-state index in [1.165, 1.54) is 16.4 Å². The first-order valence-electron chi connectivity index (χ1n) is 6.68. The van der Waals surface area contributed by atoms with E-state index < -0.39 is 21.4 Å². The fourth-order valence-electron chi connectivity index (χ4n) is 1.88. The van der Waals surface area contributed by atoms with Gasteiger partial charge in [-0.3, -0.25) is 0 Å². The summed E-state index contributed by atoms with van der Waals surface area (Å²) in [5, 5.41) is 9.01. The van der Waals surface area contributed by atoms with E-state index in [0.717, 1.165) is 6.07 Å². The van der Waals surface area contributed by atoms with Gasteiger partial charge in [-0.15, -0.1) is 0 Å². The summed E-state index contributed by atoms with van der Waals surface area (Å²) in [6, 6.07) is 5.30. The molecule has 0 radical (unpaired) electrons. The summed E-state index contributed by atoms with van der Waals surface area (Å²) >= 11 is 0. The van der Waals surface area contributed by atoms with Crippen molar-refractivity contribution in [2.45, 2.75) is 18.2 Å². The molecule has 0 aliphatic carbocycles. The number of hydrogen-bond acceptors (Lipinski definition) is 4. The van der Waals surface area contributed by atoms with Gasteiger partial charge in [0.1, 0.15) is 22.3 Å². The second kappa shape index (κ2) is 7.50. The van der Waals surface area contributed by atoms with Gasteiger partial charge in [0.15, 0.2) is 0 Å². The van der Waals surface area contributed by atoms with Crippen LogP contribution in [0.4, 0.5) is 4.39 Å². The molecule has 116 valence electrons. The summed E-state index contributed by atoms with van der Waals surface area (Å²) in [6.07, 6.45) is 0.643. The van der Waals surface area contributed by atoms with Crippen LogP contribution in [0.15, 0.2) is 23.1 Å². The molecule has 1 aromatic carbocycles. The summed E-state index contributed by atoms with van der Waals surface area (Å²) in [5.74, 6) is -0.817. The minimum atomic E-state index is -3.88. The first-order valence-corrected chi connectivity index (χ1v) is 8.12. The summed E-state index contributed by atoms with van der Waals surface area (Å²) < 4.78 is 40.2. The Hall–Kier alpha value is -1.49.